The fraction of sp³-hybridized carbons (Fsp3) is 0.500. The van der Waals surface area contributed by atoms with Crippen LogP contribution in [0.5, 0.6) is 5.75 Å². The van der Waals surface area contributed by atoms with E-state index in [2.05, 4.69) is 21.2 Å². The van der Waals surface area contributed by atoms with Crippen LogP contribution in [0.2, 0.25) is 0 Å². The summed E-state index contributed by atoms with van der Waals surface area (Å²) in [5.41, 5.74) is -0.300. The summed E-state index contributed by atoms with van der Waals surface area (Å²) in [4.78, 5) is 40.1. The summed E-state index contributed by atoms with van der Waals surface area (Å²) in [5.74, 6) is -0.425. The number of phenolic OH excluding ortho intramolecular Hbond substituents is 1. The minimum absolute atomic E-state index is 0.0933. The zero-order valence-corrected chi connectivity index (χ0v) is 16.4. The molecule has 1 aliphatic carbocycles. The number of imide groups is 1. The molecule has 0 spiro atoms. The van der Waals surface area contributed by atoms with Gasteiger partial charge < -0.3 is 15.3 Å². The Balaban J connectivity index is 1.70. The van der Waals surface area contributed by atoms with E-state index < -0.39 is 11.6 Å². The number of rotatable bonds is 6. The van der Waals surface area contributed by atoms with Gasteiger partial charge >= 0.3 is 6.03 Å². The fourth-order valence-corrected chi connectivity index (χ4v) is 3.70. The van der Waals surface area contributed by atoms with Crippen LogP contribution in [-0.2, 0) is 16.1 Å². The molecule has 1 aromatic carbocycles. The van der Waals surface area contributed by atoms with E-state index in [9.17, 15) is 19.5 Å². The van der Waals surface area contributed by atoms with Gasteiger partial charge in [0.15, 0.2) is 0 Å². The molecule has 7 nitrogen and oxygen atoms in total. The lowest BCUT2D eigenvalue weighted by Gasteiger charge is -2.24. The van der Waals surface area contributed by atoms with E-state index in [0.29, 0.717) is 12.1 Å². The van der Waals surface area contributed by atoms with E-state index in [1.807, 2.05) is 6.92 Å². The maximum absolute atomic E-state index is 12.7. The first-order valence-corrected chi connectivity index (χ1v) is 9.44. The van der Waals surface area contributed by atoms with Crippen molar-refractivity contribution in [3.8, 4) is 5.75 Å². The third-order valence-corrected chi connectivity index (χ3v) is 5.62. The highest BCUT2D eigenvalue weighted by Crippen LogP contribution is 2.42. The molecular weight excluding hydrogens is 402 g/mol. The topological polar surface area (TPSA) is 89.9 Å². The maximum atomic E-state index is 12.7. The highest BCUT2D eigenvalue weighted by Gasteiger charge is 2.56. The standard InChI is InChI=1S/C18H22BrN3O4/c1-3-21(9-11-8-13(19)6-7-14(11)23)15(24)10-22-16(25)18(2,12-4-5-12)20-17(22)26/h6-8,12,23H,3-5,9-10H2,1-2H3,(H,20,26). The van der Waals surface area contributed by atoms with Crippen molar-refractivity contribution in [3.05, 3.63) is 28.2 Å². The average molecular weight is 424 g/mol. The van der Waals surface area contributed by atoms with Gasteiger partial charge in [0.05, 0.1) is 0 Å². The van der Waals surface area contributed by atoms with E-state index in [0.717, 1.165) is 22.2 Å². The average Bonchev–Trinajstić information content (AvgIpc) is 3.41. The number of hydrogen-bond acceptors (Lipinski definition) is 4. The third kappa shape index (κ3) is 3.42. The van der Waals surface area contributed by atoms with Gasteiger partial charge in [0.1, 0.15) is 17.8 Å². The van der Waals surface area contributed by atoms with Gasteiger partial charge in [0, 0.05) is 23.1 Å². The number of halogens is 1. The summed E-state index contributed by atoms with van der Waals surface area (Å²) < 4.78 is 0.795. The Labute approximate surface area is 160 Å². The molecule has 0 radical (unpaired) electrons. The minimum atomic E-state index is -0.892. The van der Waals surface area contributed by atoms with Crippen LogP contribution in [-0.4, -0.2) is 51.4 Å². The van der Waals surface area contributed by atoms with Gasteiger partial charge in [-0.25, -0.2) is 4.79 Å². The first-order chi connectivity index (χ1) is 12.3. The van der Waals surface area contributed by atoms with Crippen molar-refractivity contribution >= 4 is 33.8 Å². The van der Waals surface area contributed by atoms with Crippen LogP contribution in [0.4, 0.5) is 4.79 Å². The normalized spacial score (nSPS) is 22.5. The smallest absolute Gasteiger partial charge is 0.325 e. The first kappa shape index (κ1) is 18.7. The van der Waals surface area contributed by atoms with Gasteiger partial charge in [-0.2, -0.15) is 0 Å². The number of aromatic hydroxyl groups is 1. The molecule has 0 aromatic heterocycles. The number of carbonyl (C=O) groups is 3. The molecule has 4 amide bonds. The van der Waals surface area contributed by atoms with Gasteiger partial charge in [-0.05, 0) is 50.8 Å². The predicted octanol–water partition coefficient (Wildman–Crippen LogP) is 2.22. The van der Waals surface area contributed by atoms with Crippen LogP contribution in [0.1, 0.15) is 32.3 Å². The van der Waals surface area contributed by atoms with Gasteiger partial charge in [-0.1, -0.05) is 15.9 Å². The number of carbonyl (C=O) groups excluding carboxylic acids is 3. The predicted molar refractivity (Wildman–Crippen MR) is 98.3 cm³/mol. The highest BCUT2D eigenvalue weighted by atomic mass is 79.9. The fourth-order valence-electron chi connectivity index (χ4n) is 3.29. The lowest BCUT2D eigenvalue weighted by atomic mass is 9.96. The van der Waals surface area contributed by atoms with Crippen LogP contribution in [0.25, 0.3) is 0 Å². The van der Waals surface area contributed by atoms with Crippen molar-refractivity contribution in [3.63, 3.8) is 0 Å². The molecule has 2 aliphatic rings. The quantitative estimate of drug-likeness (QED) is 0.686. The van der Waals surface area contributed by atoms with Gasteiger partial charge in [0.2, 0.25) is 5.91 Å². The summed E-state index contributed by atoms with van der Waals surface area (Å²) in [6.45, 7) is 3.84. The van der Waals surface area contributed by atoms with Crippen molar-refractivity contribution in [1.29, 1.82) is 0 Å². The second kappa shape index (κ2) is 6.90. The highest BCUT2D eigenvalue weighted by molar-refractivity contribution is 9.10. The number of amides is 4. The van der Waals surface area contributed by atoms with Gasteiger partial charge in [-0.15, -0.1) is 0 Å². The minimum Gasteiger partial charge on any atom is -0.508 e. The zero-order chi connectivity index (χ0) is 19.1. The van der Waals surface area contributed by atoms with Crippen molar-refractivity contribution in [1.82, 2.24) is 15.1 Å². The molecule has 8 heteroatoms. The lowest BCUT2D eigenvalue weighted by Crippen LogP contribution is -2.47. The summed E-state index contributed by atoms with van der Waals surface area (Å²) in [6, 6.07) is 4.49. The molecule has 1 aromatic rings. The molecule has 1 unspecified atom stereocenters. The molecule has 26 heavy (non-hydrogen) atoms. The lowest BCUT2D eigenvalue weighted by molar-refractivity contribution is -0.139. The van der Waals surface area contributed by atoms with Crippen LogP contribution < -0.4 is 5.32 Å². The first-order valence-electron chi connectivity index (χ1n) is 8.65. The molecular formula is C18H22BrN3O4. The van der Waals surface area contributed by atoms with Crippen LogP contribution >= 0.6 is 15.9 Å². The molecule has 140 valence electrons. The number of hydrogen-bond donors (Lipinski definition) is 2. The Morgan fingerprint density at radius 2 is 2.12 bits per heavy atom. The summed E-state index contributed by atoms with van der Waals surface area (Å²) in [6.07, 6.45) is 1.82. The number of nitrogens with one attached hydrogen (secondary N) is 1. The molecule has 1 atom stereocenters. The molecule has 0 bridgehead atoms. The van der Waals surface area contributed by atoms with Crippen molar-refractivity contribution in [2.45, 2.75) is 38.8 Å². The zero-order valence-electron chi connectivity index (χ0n) is 14.8. The Morgan fingerprint density at radius 1 is 1.42 bits per heavy atom. The number of nitrogens with zero attached hydrogens (tertiary/aromatic N) is 2. The summed E-state index contributed by atoms with van der Waals surface area (Å²) in [5, 5.41) is 12.7. The molecule has 2 N–H and O–H groups in total. The largest absolute Gasteiger partial charge is 0.508 e. The van der Waals surface area contributed by atoms with Crippen molar-refractivity contribution in [2.24, 2.45) is 5.92 Å². The van der Waals surface area contributed by atoms with E-state index >= 15 is 0 Å². The molecule has 2 fully saturated rings. The number of benzene rings is 1. The Bertz CT molecular complexity index is 765. The second-order valence-corrected chi connectivity index (χ2v) is 7.89. The third-order valence-electron chi connectivity index (χ3n) is 5.13. The molecule has 1 aliphatic heterocycles. The van der Waals surface area contributed by atoms with E-state index in [1.165, 1.54) is 4.90 Å². The molecule has 1 saturated carbocycles. The van der Waals surface area contributed by atoms with Crippen LogP contribution in [0.15, 0.2) is 22.7 Å². The summed E-state index contributed by atoms with van der Waals surface area (Å²) in [7, 11) is 0. The number of phenols is 1. The number of likely N-dealkylation sites (N-methyl/N-ethyl adjacent to an activating group) is 1. The van der Waals surface area contributed by atoms with E-state index in [4.69, 9.17) is 0 Å². The van der Waals surface area contributed by atoms with Crippen LogP contribution in [0.3, 0.4) is 0 Å². The van der Waals surface area contributed by atoms with Gasteiger partial charge in [-0.3, -0.25) is 14.5 Å². The monoisotopic (exact) mass is 423 g/mol. The molecule has 3 rings (SSSR count). The SMILES string of the molecule is CCN(Cc1cc(Br)ccc1O)C(=O)CN1C(=O)NC(C)(C2CC2)C1=O. The van der Waals surface area contributed by atoms with Gasteiger partial charge in [0.25, 0.3) is 5.91 Å². The second-order valence-electron chi connectivity index (χ2n) is 6.98. The van der Waals surface area contributed by atoms with Crippen molar-refractivity contribution in [2.75, 3.05) is 13.1 Å². The van der Waals surface area contributed by atoms with E-state index in [1.54, 1.807) is 25.1 Å². The number of urea groups is 1. The maximum Gasteiger partial charge on any atom is 0.325 e. The molecule has 1 heterocycles. The Kier molecular flexibility index (Phi) is 4.96. The summed E-state index contributed by atoms with van der Waals surface area (Å²) >= 11 is 3.34. The Morgan fingerprint density at radius 3 is 2.73 bits per heavy atom. The Hall–Kier alpha value is -2.09. The van der Waals surface area contributed by atoms with E-state index in [-0.39, 0.29) is 36.6 Å². The van der Waals surface area contributed by atoms with Crippen molar-refractivity contribution < 1.29 is 19.5 Å². The van der Waals surface area contributed by atoms with Crippen LogP contribution in [0, 0.1) is 5.92 Å². The molecule has 1 saturated heterocycles.